The van der Waals surface area contributed by atoms with E-state index in [0.29, 0.717) is 17.2 Å². The van der Waals surface area contributed by atoms with E-state index in [1.54, 1.807) is 0 Å². The predicted molar refractivity (Wildman–Crippen MR) is 93.3 cm³/mol. The third kappa shape index (κ3) is 4.61. The van der Waals surface area contributed by atoms with Crippen LogP contribution in [0.15, 0.2) is 60.8 Å². The summed E-state index contributed by atoms with van der Waals surface area (Å²) in [5, 5.41) is 5.30. The van der Waals surface area contributed by atoms with E-state index in [1.807, 2.05) is 0 Å². The highest BCUT2D eigenvalue weighted by atomic mass is 19.4. The van der Waals surface area contributed by atoms with Crippen molar-refractivity contribution in [2.24, 2.45) is 0 Å². The summed E-state index contributed by atoms with van der Waals surface area (Å²) in [5.41, 5.74) is -0.126. The van der Waals surface area contributed by atoms with Crippen molar-refractivity contribution in [1.82, 2.24) is 4.98 Å². The topological polar surface area (TPSA) is 54.0 Å². The molecule has 0 aliphatic heterocycles. The summed E-state index contributed by atoms with van der Waals surface area (Å²) in [5.74, 6) is -2.51. The lowest BCUT2D eigenvalue weighted by molar-refractivity contribution is -0.137. The van der Waals surface area contributed by atoms with E-state index in [4.69, 9.17) is 0 Å². The predicted octanol–water partition coefficient (Wildman–Crippen LogP) is 5.37. The first-order valence-electron chi connectivity index (χ1n) is 7.89. The standard InChI is InChI=1S/C19H12F5N3O/c20-15-7-1-11(9-16(15)21)18(28)27-14-6-8-17(25-10-14)26-13-4-2-12(3-5-13)19(22,23)24/h1-10H,(H,25,26)(H,27,28). The van der Waals surface area contributed by atoms with E-state index in [9.17, 15) is 26.7 Å². The van der Waals surface area contributed by atoms with Crippen LogP contribution in [0.1, 0.15) is 15.9 Å². The molecule has 4 nitrogen and oxygen atoms in total. The number of carbonyl (C=O) groups excluding carboxylic acids is 1. The zero-order valence-corrected chi connectivity index (χ0v) is 14.0. The molecule has 0 fully saturated rings. The van der Waals surface area contributed by atoms with Crippen LogP contribution >= 0.6 is 0 Å². The highest BCUT2D eigenvalue weighted by molar-refractivity contribution is 6.04. The van der Waals surface area contributed by atoms with Crippen molar-refractivity contribution in [3.05, 3.63) is 83.6 Å². The Morgan fingerprint density at radius 3 is 2.11 bits per heavy atom. The Kier molecular flexibility index (Phi) is 5.25. The summed E-state index contributed by atoms with van der Waals surface area (Å²) in [4.78, 5) is 16.1. The van der Waals surface area contributed by atoms with Gasteiger partial charge < -0.3 is 10.6 Å². The lowest BCUT2D eigenvalue weighted by atomic mass is 10.2. The first-order chi connectivity index (χ1) is 13.2. The van der Waals surface area contributed by atoms with Crippen molar-refractivity contribution in [3.63, 3.8) is 0 Å². The van der Waals surface area contributed by atoms with Crippen LogP contribution in [0.4, 0.5) is 39.1 Å². The van der Waals surface area contributed by atoms with Crippen molar-refractivity contribution < 1.29 is 26.7 Å². The number of benzene rings is 2. The Bertz CT molecular complexity index is 986. The first-order valence-corrected chi connectivity index (χ1v) is 7.89. The maximum Gasteiger partial charge on any atom is 0.416 e. The molecule has 9 heteroatoms. The van der Waals surface area contributed by atoms with E-state index in [0.717, 1.165) is 30.3 Å². The average molecular weight is 393 g/mol. The number of alkyl halides is 3. The van der Waals surface area contributed by atoms with Gasteiger partial charge in [0, 0.05) is 11.3 Å². The van der Waals surface area contributed by atoms with Gasteiger partial charge in [-0.15, -0.1) is 0 Å². The molecule has 3 aromatic rings. The molecule has 0 bridgehead atoms. The quantitative estimate of drug-likeness (QED) is 0.586. The van der Waals surface area contributed by atoms with Gasteiger partial charge in [-0.05, 0) is 54.6 Å². The molecule has 0 radical (unpaired) electrons. The van der Waals surface area contributed by atoms with Crippen LogP contribution in [-0.4, -0.2) is 10.9 Å². The third-order valence-electron chi connectivity index (χ3n) is 3.69. The Morgan fingerprint density at radius 2 is 1.54 bits per heavy atom. The molecule has 0 atom stereocenters. The van der Waals surface area contributed by atoms with Crippen molar-refractivity contribution in [3.8, 4) is 0 Å². The van der Waals surface area contributed by atoms with Crippen molar-refractivity contribution in [2.45, 2.75) is 6.18 Å². The van der Waals surface area contributed by atoms with Gasteiger partial charge in [0.15, 0.2) is 11.6 Å². The molecule has 2 aromatic carbocycles. The summed E-state index contributed by atoms with van der Waals surface area (Å²) in [6.45, 7) is 0. The molecule has 0 aliphatic carbocycles. The minimum atomic E-state index is -4.41. The molecule has 3 rings (SSSR count). The van der Waals surface area contributed by atoms with Crippen LogP contribution in [0.25, 0.3) is 0 Å². The SMILES string of the molecule is O=C(Nc1ccc(Nc2ccc(C(F)(F)F)cc2)nc1)c1ccc(F)c(F)c1. The van der Waals surface area contributed by atoms with Crippen molar-refractivity contribution in [1.29, 1.82) is 0 Å². The van der Waals surface area contributed by atoms with Gasteiger partial charge in [0.2, 0.25) is 0 Å². The maximum atomic E-state index is 13.2. The smallest absolute Gasteiger partial charge is 0.340 e. The lowest BCUT2D eigenvalue weighted by Crippen LogP contribution is -2.12. The number of amides is 1. The second-order valence-corrected chi connectivity index (χ2v) is 5.72. The number of rotatable bonds is 4. The fourth-order valence-electron chi connectivity index (χ4n) is 2.27. The van der Waals surface area contributed by atoms with Crippen LogP contribution in [0.5, 0.6) is 0 Å². The van der Waals surface area contributed by atoms with Gasteiger partial charge in [-0.2, -0.15) is 13.2 Å². The number of halogens is 5. The highest BCUT2D eigenvalue weighted by Crippen LogP contribution is 2.30. The van der Waals surface area contributed by atoms with Gasteiger partial charge in [0.1, 0.15) is 5.82 Å². The second kappa shape index (κ2) is 7.63. The molecule has 1 heterocycles. The average Bonchev–Trinajstić information content (AvgIpc) is 2.65. The number of anilines is 3. The Labute approximate surface area is 156 Å². The number of nitrogens with one attached hydrogen (secondary N) is 2. The molecule has 0 spiro atoms. The molecule has 0 unspecified atom stereocenters. The summed E-state index contributed by atoms with van der Waals surface area (Å²) < 4.78 is 63.8. The van der Waals surface area contributed by atoms with E-state index >= 15 is 0 Å². The largest absolute Gasteiger partial charge is 0.416 e. The summed E-state index contributed by atoms with van der Waals surface area (Å²) >= 11 is 0. The number of carbonyl (C=O) groups is 1. The van der Waals surface area contributed by atoms with Crippen LogP contribution in [0.2, 0.25) is 0 Å². The minimum absolute atomic E-state index is 0.0640. The zero-order valence-electron chi connectivity index (χ0n) is 14.0. The monoisotopic (exact) mass is 393 g/mol. The van der Waals surface area contributed by atoms with Gasteiger partial charge >= 0.3 is 6.18 Å². The molecular formula is C19H12F5N3O. The molecule has 0 aliphatic rings. The number of hydrogen-bond donors (Lipinski definition) is 2. The van der Waals surface area contributed by atoms with Crippen LogP contribution in [0.3, 0.4) is 0 Å². The molecule has 28 heavy (non-hydrogen) atoms. The van der Waals surface area contributed by atoms with Crippen LogP contribution < -0.4 is 10.6 Å². The van der Waals surface area contributed by atoms with Crippen molar-refractivity contribution >= 4 is 23.1 Å². The molecule has 1 aromatic heterocycles. The lowest BCUT2D eigenvalue weighted by Gasteiger charge is -2.10. The van der Waals surface area contributed by atoms with Gasteiger partial charge in [0.25, 0.3) is 5.91 Å². The summed E-state index contributed by atoms with van der Waals surface area (Å²) in [7, 11) is 0. The van der Waals surface area contributed by atoms with Gasteiger partial charge in [-0.3, -0.25) is 4.79 Å². The van der Waals surface area contributed by atoms with Gasteiger partial charge in [-0.1, -0.05) is 0 Å². The normalized spacial score (nSPS) is 11.2. The zero-order chi connectivity index (χ0) is 20.3. The number of hydrogen-bond acceptors (Lipinski definition) is 3. The van der Waals surface area contributed by atoms with Gasteiger partial charge in [0.05, 0.1) is 17.4 Å². The molecule has 2 N–H and O–H groups in total. The fourth-order valence-corrected chi connectivity index (χ4v) is 2.27. The minimum Gasteiger partial charge on any atom is -0.340 e. The third-order valence-corrected chi connectivity index (χ3v) is 3.69. The van der Waals surface area contributed by atoms with Crippen LogP contribution in [0, 0.1) is 11.6 Å². The number of aromatic nitrogens is 1. The Balaban J connectivity index is 1.64. The van der Waals surface area contributed by atoms with E-state index in [-0.39, 0.29) is 5.56 Å². The fraction of sp³-hybridized carbons (Fsp3) is 0.0526. The van der Waals surface area contributed by atoms with Crippen LogP contribution in [-0.2, 0) is 6.18 Å². The molecular weight excluding hydrogens is 381 g/mol. The first kappa shape index (κ1) is 19.3. The molecule has 0 saturated heterocycles. The Hall–Kier alpha value is -3.49. The summed E-state index contributed by atoms with van der Waals surface area (Å²) in [6.07, 6.45) is -3.10. The molecule has 1 amide bonds. The molecule has 0 saturated carbocycles. The number of pyridine rings is 1. The maximum absolute atomic E-state index is 13.2. The Morgan fingerprint density at radius 1 is 0.857 bits per heavy atom. The highest BCUT2D eigenvalue weighted by Gasteiger charge is 2.29. The molecule has 144 valence electrons. The van der Waals surface area contributed by atoms with Gasteiger partial charge in [-0.25, -0.2) is 13.8 Å². The number of nitrogens with zero attached hydrogens (tertiary/aromatic N) is 1. The van der Waals surface area contributed by atoms with E-state index in [1.165, 1.54) is 30.5 Å². The summed E-state index contributed by atoms with van der Waals surface area (Å²) in [6, 6.07) is 10.2. The van der Waals surface area contributed by atoms with E-state index in [2.05, 4.69) is 15.6 Å². The second-order valence-electron chi connectivity index (χ2n) is 5.72. The van der Waals surface area contributed by atoms with E-state index < -0.39 is 29.3 Å². The van der Waals surface area contributed by atoms with Crippen molar-refractivity contribution in [2.75, 3.05) is 10.6 Å².